The molecule has 0 saturated heterocycles. The standard InChI is InChI=1S/C23H21N3O3/c1-28-20-11-8-15(12-21(20)29-2)13-22(27)24-23-18-14-17(9-10-19(18)25-26-23)16-6-4-3-5-7-16/h3-12,14H,13H2,1-2H3,(H2,24,25,26,27). The second kappa shape index (κ2) is 8.06. The zero-order chi connectivity index (χ0) is 20.2. The minimum atomic E-state index is -0.157. The number of hydrogen-bond acceptors (Lipinski definition) is 4. The van der Waals surface area contributed by atoms with Crippen LogP contribution in [0.25, 0.3) is 22.0 Å². The number of carbonyl (C=O) groups is 1. The summed E-state index contributed by atoms with van der Waals surface area (Å²) in [4.78, 5) is 12.6. The molecule has 0 aliphatic rings. The number of ether oxygens (including phenoxy) is 2. The summed E-state index contributed by atoms with van der Waals surface area (Å²) in [5.41, 5.74) is 3.86. The van der Waals surface area contributed by atoms with Gasteiger partial charge in [-0.1, -0.05) is 42.5 Å². The van der Waals surface area contributed by atoms with Gasteiger partial charge >= 0.3 is 0 Å². The van der Waals surface area contributed by atoms with Crippen LogP contribution in [0.2, 0.25) is 0 Å². The third-order valence-corrected chi connectivity index (χ3v) is 4.74. The molecule has 1 amide bonds. The molecule has 29 heavy (non-hydrogen) atoms. The number of methoxy groups -OCH3 is 2. The van der Waals surface area contributed by atoms with Gasteiger partial charge in [0.05, 0.1) is 26.2 Å². The Labute approximate surface area is 168 Å². The Morgan fingerprint density at radius 3 is 2.48 bits per heavy atom. The van der Waals surface area contributed by atoms with E-state index >= 15 is 0 Å². The first-order chi connectivity index (χ1) is 14.2. The summed E-state index contributed by atoms with van der Waals surface area (Å²) in [7, 11) is 3.15. The molecule has 0 radical (unpaired) electrons. The lowest BCUT2D eigenvalue weighted by Crippen LogP contribution is -2.15. The van der Waals surface area contributed by atoms with Crippen molar-refractivity contribution in [1.29, 1.82) is 0 Å². The average molecular weight is 387 g/mol. The SMILES string of the molecule is COc1ccc(CC(=O)Nc2n[nH]c3ccc(-c4ccccc4)cc23)cc1OC. The van der Waals surface area contributed by atoms with E-state index in [4.69, 9.17) is 9.47 Å². The van der Waals surface area contributed by atoms with Crippen molar-refractivity contribution in [3.63, 3.8) is 0 Å². The van der Waals surface area contributed by atoms with E-state index in [1.54, 1.807) is 26.4 Å². The van der Waals surface area contributed by atoms with Crippen molar-refractivity contribution in [2.45, 2.75) is 6.42 Å². The van der Waals surface area contributed by atoms with Crippen molar-refractivity contribution < 1.29 is 14.3 Å². The highest BCUT2D eigenvalue weighted by Crippen LogP contribution is 2.29. The highest BCUT2D eigenvalue weighted by molar-refractivity contribution is 6.01. The molecule has 0 spiro atoms. The van der Waals surface area contributed by atoms with E-state index in [1.165, 1.54) is 0 Å². The van der Waals surface area contributed by atoms with Crippen LogP contribution in [-0.4, -0.2) is 30.3 Å². The summed E-state index contributed by atoms with van der Waals surface area (Å²) in [6, 6.07) is 21.6. The fourth-order valence-corrected chi connectivity index (χ4v) is 3.27. The number of carbonyl (C=O) groups excluding carboxylic acids is 1. The van der Waals surface area contributed by atoms with Crippen LogP contribution >= 0.6 is 0 Å². The van der Waals surface area contributed by atoms with E-state index in [-0.39, 0.29) is 12.3 Å². The van der Waals surface area contributed by atoms with Gasteiger partial charge in [-0.3, -0.25) is 9.89 Å². The third-order valence-electron chi connectivity index (χ3n) is 4.74. The van der Waals surface area contributed by atoms with E-state index in [0.717, 1.165) is 27.6 Å². The molecule has 0 unspecified atom stereocenters. The van der Waals surface area contributed by atoms with Gasteiger partial charge in [0.2, 0.25) is 5.91 Å². The topological polar surface area (TPSA) is 76.2 Å². The largest absolute Gasteiger partial charge is 0.493 e. The molecule has 4 rings (SSSR count). The van der Waals surface area contributed by atoms with Crippen molar-refractivity contribution in [3.05, 3.63) is 72.3 Å². The molecule has 0 saturated carbocycles. The summed E-state index contributed by atoms with van der Waals surface area (Å²) in [6.45, 7) is 0. The number of aromatic amines is 1. The molecule has 1 heterocycles. The van der Waals surface area contributed by atoms with Crippen LogP contribution in [0.5, 0.6) is 11.5 Å². The number of hydrogen-bond donors (Lipinski definition) is 2. The summed E-state index contributed by atoms with van der Waals surface area (Å²) < 4.78 is 10.5. The van der Waals surface area contributed by atoms with Gasteiger partial charge in [-0.2, -0.15) is 5.10 Å². The molecule has 0 aliphatic carbocycles. The zero-order valence-electron chi connectivity index (χ0n) is 16.2. The highest BCUT2D eigenvalue weighted by Gasteiger charge is 2.13. The van der Waals surface area contributed by atoms with Gasteiger partial charge in [-0.25, -0.2) is 0 Å². The van der Waals surface area contributed by atoms with Crippen molar-refractivity contribution >= 4 is 22.6 Å². The molecule has 0 atom stereocenters. The molecular formula is C23H21N3O3. The zero-order valence-corrected chi connectivity index (χ0v) is 16.2. The Bertz CT molecular complexity index is 1150. The van der Waals surface area contributed by atoms with Crippen LogP contribution in [0.3, 0.4) is 0 Å². The first-order valence-corrected chi connectivity index (χ1v) is 9.22. The van der Waals surface area contributed by atoms with E-state index in [0.29, 0.717) is 17.3 Å². The second-order valence-electron chi connectivity index (χ2n) is 6.61. The Kier molecular flexibility index (Phi) is 5.16. The maximum absolute atomic E-state index is 12.6. The molecule has 6 heteroatoms. The molecule has 1 aromatic heterocycles. The molecule has 3 aromatic carbocycles. The molecule has 0 fully saturated rings. The Morgan fingerprint density at radius 2 is 1.72 bits per heavy atom. The van der Waals surface area contributed by atoms with Crippen LogP contribution in [0, 0.1) is 0 Å². The average Bonchev–Trinajstić information content (AvgIpc) is 3.16. The monoisotopic (exact) mass is 387 g/mol. The molecule has 6 nitrogen and oxygen atoms in total. The fourth-order valence-electron chi connectivity index (χ4n) is 3.27. The first kappa shape index (κ1) is 18.6. The predicted molar refractivity (Wildman–Crippen MR) is 113 cm³/mol. The van der Waals surface area contributed by atoms with Crippen molar-refractivity contribution in [1.82, 2.24) is 10.2 Å². The maximum Gasteiger partial charge on any atom is 0.230 e. The molecule has 0 bridgehead atoms. The highest BCUT2D eigenvalue weighted by atomic mass is 16.5. The Hall–Kier alpha value is -3.80. The molecular weight excluding hydrogens is 366 g/mol. The van der Waals surface area contributed by atoms with Gasteiger partial charge in [0, 0.05) is 5.39 Å². The summed E-state index contributed by atoms with van der Waals surface area (Å²) in [6.07, 6.45) is 0.201. The lowest BCUT2D eigenvalue weighted by Gasteiger charge is -2.09. The molecule has 4 aromatic rings. The van der Waals surface area contributed by atoms with Crippen LogP contribution in [0.1, 0.15) is 5.56 Å². The lowest BCUT2D eigenvalue weighted by molar-refractivity contribution is -0.115. The number of nitrogens with one attached hydrogen (secondary N) is 2. The van der Waals surface area contributed by atoms with Gasteiger partial charge in [0.25, 0.3) is 0 Å². The Morgan fingerprint density at radius 1 is 0.931 bits per heavy atom. The quantitative estimate of drug-likeness (QED) is 0.513. The van der Waals surface area contributed by atoms with E-state index in [2.05, 4.69) is 27.6 Å². The van der Waals surface area contributed by atoms with Crippen molar-refractivity contribution in [3.8, 4) is 22.6 Å². The van der Waals surface area contributed by atoms with Gasteiger partial charge in [0.15, 0.2) is 17.3 Å². The number of nitrogens with zero attached hydrogens (tertiary/aromatic N) is 1. The van der Waals surface area contributed by atoms with Crippen LogP contribution < -0.4 is 14.8 Å². The van der Waals surface area contributed by atoms with Crippen LogP contribution in [0.15, 0.2) is 66.7 Å². The smallest absolute Gasteiger partial charge is 0.230 e. The number of H-pyrrole nitrogens is 1. The summed E-state index contributed by atoms with van der Waals surface area (Å²) >= 11 is 0. The van der Waals surface area contributed by atoms with Gasteiger partial charge in [-0.15, -0.1) is 0 Å². The fraction of sp³-hybridized carbons (Fsp3) is 0.130. The van der Waals surface area contributed by atoms with E-state index in [9.17, 15) is 4.79 Å². The minimum Gasteiger partial charge on any atom is -0.493 e. The lowest BCUT2D eigenvalue weighted by atomic mass is 10.0. The number of fused-ring (bicyclic) bond motifs is 1. The second-order valence-corrected chi connectivity index (χ2v) is 6.61. The molecule has 0 aliphatic heterocycles. The predicted octanol–water partition coefficient (Wildman–Crippen LogP) is 4.43. The Balaban J connectivity index is 1.55. The number of rotatable bonds is 6. The van der Waals surface area contributed by atoms with E-state index < -0.39 is 0 Å². The summed E-state index contributed by atoms with van der Waals surface area (Å²) in [5, 5.41) is 11.0. The van der Waals surface area contributed by atoms with E-state index in [1.807, 2.05) is 42.5 Å². The first-order valence-electron chi connectivity index (χ1n) is 9.22. The van der Waals surface area contributed by atoms with Gasteiger partial charge in [-0.05, 0) is 41.0 Å². The molecule has 146 valence electrons. The maximum atomic E-state index is 12.6. The number of aromatic nitrogens is 2. The molecule has 2 N–H and O–H groups in total. The van der Waals surface area contributed by atoms with Crippen LogP contribution in [-0.2, 0) is 11.2 Å². The number of anilines is 1. The van der Waals surface area contributed by atoms with Crippen molar-refractivity contribution in [2.75, 3.05) is 19.5 Å². The third kappa shape index (κ3) is 3.91. The minimum absolute atomic E-state index is 0.157. The van der Waals surface area contributed by atoms with Crippen LogP contribution in [0.4, 0.5) is 5.82 Å². The summed E-state index contributed by atoms with van der Waals surface area (Å²) in [5.74, 6) is 1.58. The number of amides is 1. The normalized spacial score (nSPS) is 10.7. The number of benzene rings is 3. The van der Waals surface area contributed by atoms with Gasteiger partial charge < -0.3 is 14.8 Å². The van der Waals surface area contributed by atoms with Crippen molar-refractivity contribution in [2.24, 2.45) is 0 Å². The van der Waals surface area contributed by atoms with Gasteiger partial charge in [0.1, 0.15) is 0 Å².